The Morgan fingerprint density at radius 2 is 1.62 bits per heavy atom. The Morgan fingerprint density at radius 3 is 2.19 bits per heavy atom. The summed E-state index contributed by atoms with van der Waals surface area (Å²) in [6.45, 7) is 2.03. The molecule has 2 aromatic rings. The molecule has 0 aliphatic heterocycles. The zero-order chi connectivity index (χ0) is 15.6. The third-order valence-corrected chi connectivity index (χ3v) is 5.06. The zero-order valence-electron chi connectivity index (χ0n) is 11.9. The highest BCUT2D eigenvalue weighted by Crippen LogP contribution is 2.42. The average Bonchev–Trinajstić information content (AvgIpc) is 2.45. The number of alkyl halides is 1. The number of hydrogen-bond acceptors (Lipinski definition) is 2. The molecule has 21 heavy (non-hydrogen) atoms. The standard InChI is InChI=1S/C16H15Br2ClO2/c1-9-4-10(6-11(19)5-9)16(18)12-7-14(20-2)15(21-3)8-13(12)17/h4-8,16H,1-3H3. The highest BCUT2D eigenvalue weighted by molar-refractivity contribution is 9.11. The van der Waals surface area contributed by atoms with Crippen LogP contribution in [0.2, 0.25) is 5.02 Å². The highest BCUT2D eigenvalue weighted by Gasteiger charge is 2.18. The number of methoxy groups -OCH3 is 2. The van der Waals surface area contributed by atoms with Crippen LogP contribution >= 0.6 is 43.5 Å². The molecule has 0 fully saturated rings. The Bertz CT molecular complexity index is 639. The van der Waals surface area contributed by atoms with Crippen LogP contribution in [0.3, 0.4) is 0 Å². The lowest BCUT2D eigenvalue weighted by Crippen LogP contribution is -1.98. The summed E-state index contributed by atoms with van der Waals surface area (Å²) < 4.78 is 11.6. The van der Waals surface area contributed by atoms with Crippen LogP contribution in [0.15, 0.2) is 34.8 Å². The van der Waals surface area contributed by atoms with Crippen molar-refractivity contribution in [1.29, 1.82) is 0 Å². The van der Waals surface area contributed by atoms with Crippen molar-refractivity contribution in [3.8, 4) is 11.5 Å². The van der Waals surface area contributed by atoms with Crippen molar-refractivity contribution in [2.24, 2.45) is 0 Å². The van der Waals surface area contributed by atoms with Gasteiger partial charge in [-0.3, -0.25) is 0 Å². The predicted octanol–water partition coefficient (Wildman–Crippen LogP) is 5.91. The van der Waals surface area contributed by atoms with Crippen molar-refractivity contribution in [3.05, 3.63) is 56.5 Å². The van der Waals surface area contributed by atoms with E-state index in [0.717, 1.165) is 26.2 Å². The molecule has 0 saturated heterocycles. The monoisotopic (exact) mass is 432 g/mol. The summed E-state index contributed by atoms with van der Waals surface area (Å²) in [6.07, 6.45) is 0. The zero-order valence-corrected chi connectivity index (χ0v) is 15.8. The topological polar surface area (TPSA) is 18.5 Å². The van der Waals surface area contributed by atoms with E-state index in [2.05, 4.69) is 37.9 Å². The second-order valence-corrected chi connectivity index (χ2v) is 6.86. The van der Waals surface area contributed by atoms with Crippen LogP contribution < -0.4 is 9.47 Å². The van der Waals surface area contributed by atoms with Gasteiger partial charge in [0.2, 0.25) is 0 Å². The minimum Gasteiger partial charge on any atom is -0.493 e. The molecule has 0 aromatic heterocycles. The summed E-state index contributed by atoms with van der Waals surface area (Å²) >= 11 is 13.5. The van der Waals surface area contributed by atoms with Gasteiger partial charge >= 0.3 is 0 Å². The first-order valence-electron chi connectivity index (χ1n) is 6.29. The van der Waals surface area contributed by atoms with Gasteiger partial charge < -0.3 is 9.47 Å². The fraction of sp³-hybridized carbons (Fsp3) is 0.250. The Hall–Kier alpha value is -0.710. The van der Waals surface area contributed by atoms with E-state index in [4.69, 9.17) is 21.1 Å². The summed E-state index contributed by atoms with van der Waals surface area (Å²) in [5, 5.41) is 0.728. The van der Waals surface area contributed by atoms with Crippen LogP contribution in [0, 0.1) is 6.92 Å². The summed E-state index contributed by atoms with van der Waals surface area (Å²) in [4.78, 5) is 0.00378. The van der Waals surface area contributed by atoms with E-state index in [0.29, 0.717) is 11.5 Å². The molecule has 112 valence electrons. The lowest BCUT2D eigenvalue weighted by atomic mass is 10.0. The molecule has 2 rings (SSSR count). The van der Waals surface area contributed by atoms with Gasteiger partial charge in [0.15, 0.2) is 11.5 Å². The Kier molecular flexibility index (Phi) is 5.58. The molecule has 2 aromatic carbocycles. The van der Waals surface area contributed by atoms with Gasteiger partial charge in [-0.15, -0.1) is 0 Å². The van der Waals surface area contributed by atoms with Crippen LogP contribution in [0.1, 0.15) is 21.5 Å². The lowest BCUT2D eigenvalue weighted by molar-refractivity contribution is 0.354. The number of hydrogen-bond donors (Lipinski definition) is 0. The van der Waals surface area contributed by atoms with Gasteiger partial charge in [0.1, 0.15) is 0 Å². The smallest absolute Gasteiger partial charge is 0.161 e. The molecule has 1 unspecified atom stereocenters. The average molecular weight is 435 g/mol. The molecule has 0 bridgehead atoms. The van der Waals surface area contributed by atoms with Gasteiger partial charge in [0.05, 0.1) is 19.0 Å². The van der Waals surface area contributed by atoms with Gasteiger partial charge in [0, 0.05) is 9.50 Å². The molecule has 0 aliphatic rings. The fourth-order valence-electron chi connectivity index (χ4n) is 2.15. The Labute approximate surface area is 146 Å². The molecule has 1 atom stereocenters. The van der Waals surface area contributed by atoms with Crippen LogP contribution in [0.5, 0.6) is 11.5 Å². The van der Waals surface area contributed by atoms with E-state index in [1.165, 1.54) is 0 Å². The third kappa shape index (κ3) is 3.74. The first-order chi connectivity index (χ1) is 9.96. The minimum absolute atomic E-state index is 0.00378. The number of halogens is 3. The largest absolute Gasteiger partial charge is 0.493 e. The van der Waals surface area contributed by atoms with Crippen molar-refractivity contribution in [2.45, 2.75) is 11.8 Å². The maximum absolute atomic E-state index is 6.15. The second kappa shape index (κ2) is 7.03. The van der Waals surface area contributed by atoms with Crippen LogP contribution in [-0.4, -0.2) is 14.2 Å². The Balaban J connectivity index is 2.49. The fourth-order valence-corrected chi connectivity index (χ4v) is 3.95. The number of aryl methyl sites for hydroxylation is 1. The van der Waals surface area contributed by atoms with Crippen LogP contribution in [-0.2, 0) is 0 Å². The van der Waals surface area contributed by atoms with Crippen molar-refractivity contribution in [3.63, 3.8) is 0 Å². The highest BCUT2D eigenvalue weighted by atomic mass is 79.9. The lowest BCUT2D eigenvalue weighted by Gasteiger charge is -2.17. The minimum atomic E-state index is 0.00378. The van der Waals surface area contributed by atoms with Crippen molar-refractivity contribution in [1.82, 2.24) is 0 Å². The quantitative estimate of drug-likeness (QED) is 0.557. The summed E-state index contributed by atoms with van der Waals surface area (Å²) in [5.74, 6) is 1.38. The van der Waals surface area contributed by atoms with Crippen molar-refractivity contribution in [2.75, 3.05) is 14.2 Å². The molecule has 0 N–H and O–H groups in total. The first kappa shape index (κ1) is 16.7. The number of rotatable bonds is 4. The predicted molar refractivity (Wildman–Crippen MR) is 94.2 cm³/mol. The van der Waals surface area contributed by atoms with E-state index < -0.39 is 0 Å². The number of benzene rings is 2. The maximum Gasteiger partial charge on any atom is 0.161 e. The summed E-state index contributed by atoms with van der Waals surface area (Å²) in [6, 6.07) is 9.86. The van der Waals surface area contributed by atoms with Crippen molar-refractivity contribution < 1.29 is 9.47 Å². The Morgan fingerprint density at radius 1 is 1.00 bits per heavy atom. The molecule has 2 nitrogen and oxygen atoms in total. The second-order valence-electron chi connectivity index (χ2n) is 4.65. The van der Waals surface area contributed by atoms with Crippen LogP contribution in [0.25, 0.3) is 0 Å². The van der Waals surface area contributed by atoms with E-state index in [9.17, 15) is 0 Å². The van der Waals surface area contributed by atoms with Gasteiger partial charge in [-0.05, 0) is 47.9 Å². The van der Waals surface area contributed by atoms with E-state index >= 15 is 0 Å². The normalized spacial score (nSPS) is 12.1. The molecule has 0 radical (unpaired) electrons. The first-order valence-corrected chi connectivity index (χ1v) is 8.37. The van der Waals surface area contributed by atoms with E-state index in [1.807, 2.05) is 31.2 Å². The van der Waals surface area contributed by atoms with Gasteiger partial charge in [-0.1, -0.05) is 49.5 Å². The van der Waals surface area contributed by atoms with E-state index in [-0.39, 0.29) is 4.83 Å². The third-order valence-electron chi connectivity index (χ3n) is 3.13. The SMILES string of the molecule is COc1cc(Br)c(C(Br)c2cc(C)cc(Cl)c2)cc1OC. The molecule has 5 heteroatoms. The van der Waals surface area contributed by atoms with Gasteiger partial charge in [0.25, 0.3) is 0 Å². The maximum atomic E-state index is 6.15. The number of ether oxygens (including phenoxy) is 2. The summed E-state index contributed by atoms with van der Waals surface area (Å²) in [7, 11) is 3.25. The van der Waals surface area contributed by atoms with Crippen molar-refractivity contribution >= 4 is 43.5 Å². The molecule has 0 saturated carbocycles. The van der Waals surface area contributed by atoms with Crippen LogP contribution in [0.4, 0.5) is 0 Å². The van der Waals surface area contributed by atoms with E-state index in [1.54, 1.807) is 14.2 Å². The molecule has 0 spiro atoms. The van der Waals surface area contributed by atoms with Gasteiger partial charge in [-0.25, -0.2) is 0 Å². The molecular weight excluding hydrogens is 419 g/mol. The molecular formula is C16H15Br2ClO2. The summed E-state index contributed by atoms with van der Waals surface area (Å²) in [5.41, 5.74) is 3.26. The van der Waals surface area contributed by atoms with Gasteiger partial charge in [-0.2, -0.15) is 0 Å². The molecule has 0 amide bonds. The molecule has 0 heterocycles. The molecule has 0 aliphatic carbocycles.